The number of aryl methyl sites for hydroxylation is 1. The van der Waals surface area contributed by atoms with Crippen molar-refractivity contribution < 1.29 is 4.79 Å². The van der Waals surface area contributed by atoms with E-state index in [1.54, 1.807) is 11.9 Å². The molecule has 1 amide bonds. The van der Waals surface area contributed by atoms with Crippen molar-refractivity contribution in [1.82, 2.24) is 4.90 Å². The van der Waals surface area contributed by atoms with Gasteiger partial charge in [-0.3, -0.25) is 14.7 Å². The van der Waals surface area contributed by atoms with Gasteiger partial charge >= 0.3 is 0 Å². The third-order valence-electron chi connectivity index (χ3n) is 7.58. The molecule has 0 bridgehead atoms. The van der Waals surface area contributed by atoms with Gasteiger partial charge in [0, 0.05) is 19.3 Å². The van der Waals surface area contributed by atoms with Crippen molar-refractivity contribution in [1.29, 1.82) is 0 Å². The van der Waals surface area contributed by atoms with Crippen LogP contribution in [0.2, 0.25) is 0 Å². The summed E-state index contributed by atoms with van der Waals surface area (Å²) in [5, 5.41) is 0. The second-order valence-electron chi connectivity index (χ2n) is 9.94. The van der Waals surface area contributed by atoms with E-state index in [-0.39, 0.29) is 5.91 Å². The van der Waals surface area contributed by atoms with Crippen LogP contribution in [0.5, 0.6) is 0 Å². The first-order valence-corrected chi connectivity index (χ1v) is 12.3. The maximum atomic E-state index is 13.3. The van der Waals surface area contributed by atoms with Gasteiger partial charge in [0.15, 0.2) is 5.96 Å². The summed E-state index contributed by atoms with van der Waals surface area (Å²) in [5.41, 5.74) is 6.65. The van der Waals surface area contributed by atoms with E-state index in [0.29, 0.717) is 23.8 Å². The molecule has 2 saturated carbocycles. The van der Waals surface area contributed by atoms with Crippen LogP contribution in [0.1, 0.15) is 76.2 Å². The van der Waals surface area contributed by atoms with Crippen LogP contribution in [0, 0.1) is 11.8 Å². The molecule has 3 aliphatic rings. The predicted octanol–water partition coefficient (Wildman–Crippen LogP) is 4.74. The fourth-order valence-electron chi connectivity index (χ4n) is 5.76. The van der Waals surface area contributed by atoms with Crippen LogP contribution in [-0.4, -0.2) is 41.6 Å². The summed E-state index contributed by atoms with van der Waals surface area (Å²) in [6.07, 6.45) is 15.9. The Morgan fingerprint density at radius 3 is 2.61 bits per heavy atom. The largest absolute Gasteiger partial charge is 0.369 e. The van der Waals surface area contributed by atoms with E-state index in [1.165, 1.54) is 56.9 Å². The highest BCUT2D eigenvalue weighted by atomic mass is 16.2. The third kappa shape index (κ3) is 5.36. The van der Waals surface area contributed by atoms with Gasteiger partial charge in [0.25, 0.3) is 5.91 Å². The molecule has 1 aromatic carbocycles. The smallest absolute Gasteiger partial charge is 0.257 e. The standard InChI is InChI=1S/C26H38N4O/c1-30-24(31)26(29-25(30)27,16-15-20-9-4-2-5-10-20)18-21-11-8-12-22(17-21)19-28-23-13-6-3-7-14-23/h2,4-5,9-10,19,21-23H,3,6-8,11-18H2,1H3,(H2,27,29)/t21-,22?,26+/m0/s1. The molecule has 0 saturated heterocycles. The van der Waals surface area contributed by atoms with E-state index in [2.05, 4.69) is 30.5 Å². The molecule has 5 nitrogen and oxygen atoms in total. The van der Waals surface area contributed by atoms with E-state index in [9.17, 15) is 4.79 Å². The molecule has 5 heteroatoms. The lowest BCUT2D eigenvalue weighted by molar-refractivity contribution is -0.131. The van der Waals surface area contributed by atoms with Crippen LogP contribution >= 0.6 is 0 Å². The maximum Gasteiger partial charge on any atom is 0.257 e. The molecule has 168 valence electrons. The molecule has 3 atom stereocenters. The van der Waals surface area contributed by atoms with Crippen molar-refractivity contribution in [2.75, 3.05) is 7.05 Å². The first kappa shape index (κ1) is 22.0. The van der Waals surface area contributed by atoms with Gasteiger partial charge in [0.1, 0.15) is 5.54 Å². The number of benzene rings is 1. The summed E-state index contributed by atoms with van der Waals surface area (Å²) >= 11 is 0. The molecule has 1 heterocycles. The van der Waals surface area contributed by atoms with Crippen LogP contribution in [0.15, 0.2) is 40.3 Å². The summed E-state index contributed by atoms with van der Waals surface area (Å²) in [4.78, 5) is 24.5. The monoisotopic (exact) mass is 422 g/mol. The summed E-state index contributed by atoms with van der Waals surface area (Å²) in [6.45, 7) is 0. The predicted molar refractivity (Wildman–Crippen MR) is 127 cm³/mol. The Balaban J connectivity index is 1.42. The number of carbonyl (C=O) groups excluding carboxylic acids is 1. The highest BCUT2D eigenvalue weighted by molar-refractivity contribution is 6.06. The number of guanidine groups is 1. The van der Waals surface area contributed by atoms with E-state index in [0.717, 1.165) is 25.7 Å². The summed E-state index contributed by atoms with van der Waals surface area (Å²) in [5.74, 6) is 1.48. The van der Waals surface area contributed by atoms with Crippen LogP contribution < -0.4 is 5.73 Å². The number of nitrogens with two attached hydrogens (primary N) is 1. The fraction of sp³-hybridized carbons (Fsp3) is 0.654. The molecule has 31 heavy (non-hydrogen) atoms. The van der Waals surface area contributed by atoms with E-state index in [1.807, 2.05) is 6.07 Å². The zero-order valence-corrected chi connectivity index (χ0v) is 19.0. The van der Waals surface area contributed by atoms with E-state index in [4.69, 9.17) is 15.7 Å². The summed E-state index contributed by atoms with van der Waals surface area (Å²) < 4.78 is 0. The van der Waals surface area contributed by atoms with Crippen molar-refractivity contribution in [2.24, 2.45) is 27.6 Å². The molecular formula is C26H38N4O. The SMILES string of the molecule is CN1C(=O)[C@@](CCc2ccccc2)(C[C@H]2CCCC(C=NC3CCCCC3)C2)N=C1N. The molecule has 0 radical (unpaired) electrons. The lowest BCUT2D eigenvalue weighted by atomic mass is 9.74. The molecule has 1 aromatic rings. The highest BCUT2D eigenvalue weighted by Gasteiger charge is 2.47. The number of hydrogen-bond acceptors (Lipinski definition) is 4. The van der Waals surface area contributed by atoms with Crippen molar-refractivity contribution in [2.45, 2.75) is 88.6 Å². The molecule has 0 aromatic heterocycles. The third-order valence-corrected chi connectivity index (χ3v) is 7.58. The Bertz CT molecular complexity index is 799. The van der Waals surface area contributed by atoms with Gasteiger partial charge in [-0.15, -0.1) is 0 Å². The Kier molecular flexibility index (Phi) is 7.09. The molecular weight excluding hydrogens is 384 g/mol. The number of rotatable bonds is 7. The van der Waals surface area contributed by atoms with Gasteiger partial charge in [0.05, 0.1) is 0 Å². The van der Waals surface area contributed by atoms with Gasteiger partial charge in [-0.2, -0.15) is 0 Å². The summed E-state index contributed by atoms with van der Waals surface area (Å²) in [6, 6.07) is 10.9. The first-order valence-electron chi connectivity index (χ1n) is 12.3. The van der Waals surface area contributed by atoms with E-state index >= 15 is 0 Å². The van der Waals surface area contributed by atoms with Crippen molar-refractivity contribution >= 4 is 18.1 Å². The Hall–Kier alpha value is -2.17. The molecule has 4 rings (SSSR count). The van der Waals surface area contributed by atoms with E-state index < -0.39 is 5.54 Å². The van der Waals surface area contributed by atoms with Gasteiger partial charge in [-0.05, 0) is 62.3 Å². The molecule has 0 spiro atoms. The Morgan fingerprint density at radius 1 is 1.13 bits per heavy atom. The highest BCUT2D eigenvalue weighted by Crippen LogP contribution is 2.39. The van der Waals surface area contributed by atoms with Gasteiger partial charge in [0.2, 0.25) is 0 Å². The van der Waals surface area contributed by atoms with Gasteiger partial charge in [-0.1, -0.05) is 62.4 Å². The van der Waals surface area contributed by atoms with Crippen molar-refractivity contribution in [3.05, 3.63) is 35.9 Å². The number of nitrogens with zero attached hydrogens (tertiary/aromatic N) is 3. The number of aliphatic imine (C=N–C) groups is 2. The average Bonchev–Trinajstić information content (AvgIpc) is 3.01. The van der Waals surface area contributed by atoms with Crippen molar-refractivity contribution in [3.63, 3.8) is 0 Å². The Morgan fingerprint density at radius 2 is 1.90 bits per heavy atom. The lowest BCUT2D eigenvalue weighted by Crippen LogP contribution is -2.44. The number of likely N-dealkylation sites (N-methyl/N-ethyl adjacent to an activating group) is 1. The maximum absolute atomic E-state index is 13.3. The number of hydrogen-bond donors (Lipinski definition) is 1. The number of amides is 1. The second kappa shape index (κ2) is 9.97. The topological polar surface area (TPSA) is 71.0 Å². The van der Waals surface area contributed by atoms with Gasteiger partial charge in [-0.25, -0.2) is 4.99 Å². The van der Waals surface area contributed by atoms with Gasteiger partial charge < -0.3 is 5.73 Å². The fourth-order valence-corrected chi connectivity index (χ4v) is 5.76. The van der Waals surface area contributed by atoms with Crippen LogP contribution in [0.3, 0.4) is 0 Å². The van der Waals surface area contributed by atoms with Crippen molar-refractivity contribution in [3.8, 4) is 0 Å². The van der Waals surface area contributed by atoms with Crippen LogP contribution in [0.25, 0.3) is 0 Å². The lowest BCUT2D eigenvalue weighted by Gasteiger charge is -2.33. The van der Waals surface area contributed by atoms with Crippen LogP contribution in [0.4, 0.5) is 0 Å². The molecule has 2 N–H and O–H groups in total. The summed E-state index contributed by atoms with van der Waals surface area (Å²) in [7, 11) is 1.76. The van der Waals surface area contributed by atoms with Crippen LogP contribution in [-0.2, 0) is 11.2 Å². The average molecular weight is 423 g/mol. The first-order chi connectivity index (χ1) is 15.1. The molecule has 2 aliphatic carbocycles. The minimum atomic E-state index is -0.707. The Labute approximate surface area is 187 Å². The quantitative estimate of drug-likeness (QED) is 0.645. The normalized spacial score (nSPS) is 30.2. The zero-order valence-electron chi connectivity index (χ0n) is 19.0. The second-order valence-corrected chi connectivity index (χ2v) is 9.94. The zero-order chi connectivity index (χ0) is 21.7. The minimum absolute atomic E-state index is 0.0685. The minimum Gasteiger partial charge on any atom is -0.369 e. The number of carbonyl (C=O) groups is 1. The molecule has 1 aliphatic heterocycles. The molecule has 2 fully saturated rings. The molecule has 1 unspecified atom stereocenters.